The van der Waals surface area contributed by atoms with Gasteiger partial charge in [0.15, 0.2) is 0 Å². The van der Waals surface area contributed by atoms with Crippen LogP contribution in [0, 0.1) is 0 Å². The second-order valence-corrected chi connectivity index (χ2v) is 5.82. The molecule has 1 N–H and O–H groups in total. The van der Waals surface area contributed by atoms with E-state index in [1.807, 2.05) is 0 Å². The van der Waals surface area contributed by atoms with E-state index in [1.54, 1.807) is 0 Å². The smallest absolute Gasteiger partial charge is 0.387 e. The third kappa shape index (κ3) is 6.39. The van der Waals surface area contributed by atoms with Gasteiger partial charge >= 0.3 is 12.6 Å². The monoisotopic (exact) mass is 323 g/mol. The molecule has 0 saturated heterocycles. The van der Waals surface area contributed by atoms with Crippen LogP contribution >= 0.6 is 0 Å². The molecule has 0 aromatic heterocycles. The lowest BCUT2D eigenvalue weighted by atomic mass is 10.3. The lowest BCUT2D eigenvalue weighted by Crippen LogP contribution is -2.18. The fraction of sp³-hybridized carbons (Fsp3) is 0.417. The van der Waals surface area contributed by atoms with E-state index >= 15 is 0 Å². The summed E-state index contributed by atoms with van der Waals surface area (Å²) >= 11 is 0. The van der Waals surface area contributed by atoms with Crippen LogP contribution in [0.25, 0.3) is 0 Å². The molecule has 0 unspecified atom stereocenters. The van der Waals surface area contributed by atoms with Gasteiger partial charge in [-0.2, -0.15) is 8.78 Å². The SMILES string of the molecule is COC(=O)CCCS(=O)(=O)Nc1ccccc1OC(F)F. The Hall–Kier alpha value is -1.90. The maximum atomic E-state index is 12.2. The lowest BCUT2D eigenvalue weighted by Gasteiger charge is -2.12. The molecule has 9 heteroatoms. The molecule has 118 valence electrons. The number of hydrogen-bond acceptors (Lipinski definition) is 5. The van der Waals surface area contributed by atoms with Crippen LogP contribution in [0.4, 0.5) is 14.5 Å². The van der Waals surface area contributed by atoms with Crippen molar-refractivity contribution >= 4 is 21.7 Å². The Morgan fingerprint density at radius 2 is 2.00 bits per heavy atom. The van der Waals surface area contributed by atoms with Crippen molar-refractivity contribution in [2.24, 2.45) is 0 Å². The number of sulfonamides is 1. The van der Waals surface area contributed by atoms with Crippen molar-refractivity contribution in [2.45, 2.75) is 19.5 Å². The van der Waals surface area contributed by atoms with Gasteiger partial charge in [0.25, 0.3) is 0 Å². The van der Waals surface area contributed by atoms with Gasteiger partial charge in [-0.25, -0.2) is 8.42 Å². The summed E-state index contributed by atoms with van der Waals surface area (Å²) in [5.41, 5.74) is -0.0872. The fourth-order valence-corrected chi connectivity index (χ4v) is 2.61. The molecular weight excluding hydrogens is 308 g/mol. The number of carbonyl (C=O) groups excluding carboxylic acids is 1. The Labute approximate surface area is 121 Å². The zero-order chi connectivity index (χ0) is 15.9. The Bertz CT molecular complexity index is 577. The standard InChI is InChI=1S/C12H15F2NO5S/c1-19-11(16)7-4-8-21(17,18)15-9-5-2-3-6-10(9)20-12(13)14/h2-3,5-6,12,15H,4,7-8H2,1H3. The summed E-state index contributed by atoms with van der Waals surface area (Å²) in [6, 6.07) is 5.44. The summed E-state index contributed by atoms with van der Waals surface area (Å²) in [6.07, 6.45) is 0.00642. The van der Waals surface area contributed by atoms with Crippen molar-refractivity contribution in [1.29, 1.82) is 0 Å². The number of ether oxygens (including phenoxy) is 2. The van der Waals surface area contributed by atoms with Crippen LogP contribution in [-0.2, 0) is 19.6 Å². The van der Waals surface area contributed by atoms with E-state index in [2.05, 4.69) is 14.2 Å². The summed E-state index contributed by atoms with van der Waals surface area (Å²) in [7, 11) is -2.58. The second-order valence-electron chi connectivity index (χ2n) is 3.98. The molecule has 21 heavy (non-hydrogen) atoms. The maximum absolute atomic E-state index is 12.2. The van der Waals surface area contributed by atoms with Crippen molar-refractivity contribution < 1.29 is 31.5 Å². The second kappa shape index (κ2) is 7.77. The third-order valence-electron chi connectivity index (χ3n) is 2.39. The number of methoxy groups -OCH3 is 1. The van der Waals surface area contributed by atoms with Crippen LogP contribution in [0.2, 0.25) is 0 Å². The molecule has 0 aliphatic carbocycles. The number of anilines is 1. The van der Waals surface area contributed by atoms with Gasteiger partial charge in [-0.15, -0.1) is 0 Å². The van der Waals surface area contributed by atoms with Gasteiger partial charge in [0.05, 0.1) is 18.6 Å². The predicted molar refractivity (Wildman–Crippen MR) is 71.7 cm³/mol. The van der Waals surface area contributed by atoms with Gasteiger partial charge in [0, 0.05) is 6.42 Å². The minimum Gasteiger partial charge on any atom is -0.469 e. The van der Waals surface area contributed by atoms with Gasteiger partial charge in [-0.1, -0.05) is 12.1 Å². The van der Waals surface area contributed by atoms with Crippen molar-refractivity contribution in [3.8, 4) is 5.75 Å². The van der Waals surface area contributed by atoms with E-state index in [1.165, 1.54) is 31.4 Å². The molecule has 1 aromatic rings. The number of benzene rings is 1. The Balaban J connectivity index is 2.69. The largest absolute Gasteiger partial charge is 0.469 e. The highest BCUT2D eigenvalue weighted by Gasteiger charge is 2.16. The Kier molecular flexibility index (Phi) is 6.35. The average molecular weight is 323 g/mol. The minimum atomic E-state index is -3.78. The summed E-state index contributed by atoms with van der Waals surface area (Å²) in [5.74, 6) is -1.14. The Morgan fingerprint density at radius 1 is 1.33 bits per heavy atom. The van der Waals surface area contributed by atoms with Crippen molar-refractivity contribution in [2.75, 3.05) is 17.6 Å². The van der Waals surface area contributed by atoms with Crippen LogP contribution in [0.15, 0.2) is 24.3 Å². The lowest BCUT2D eigenvalue weighted by molar-refractivity contribution is -0.140. The summed E-state index contributed by atoms with van der Waals surface area (Å²) in [5, 5.41) is 0. The van der Waals surface area contributed by atoms with Crippen molar-refractivity contribution in [3.05, 3.63) is 24.3 Å². The summed E-state index contributed by atoms with van der Waals surface area (Å²) in [6.45, 7) is -3.06. The van der Waals surface area contributed by atoms with E-state index < -0.39 is 22.6 Å². The number of hydrogen-bond donors (Lipinski definition) is 1. The zero-order valence-electron chi connectivity index (χ0n) is 11.2. The molecule has 1 aromatic carbocycles. The molecule has 0 aliphatic heterocycles. The first-order valence-corrected chi connectivity index (χ1v) is 7.60. The molecule has 6 nitrogen and oxygen atoms in total. The quantitative estimate of drug-likeness (QED) is 0.740. The average Bonchev–Trinajstić information content (AvgIpc) is 2.39. The molecule has 0 bridgehead atoms. The highest BCUT2D eigenvalue weighted by Crippen LogP contribution is 2.26. The Morgan fingerprint density at radius 3 is 2.62 bits per heavy atom. The predicted octanol–water partition coefficient (Wildman–Crippen LogP) is 1.98. The van der Waals surface area contributed by atoms with Crippen LogP contribution in [-0.4, -0.2) is 33.9 Å². The van der Waals surface area contributed by atoms with Crippen LogP contribution in [0.5, 0.6) is 5.75 Å². The van der Waals surface area contributed by atoms with Crippen LogP contribution in [0.3, 0.4) is 0 Å². The van der Waals surface area contributed by atoms with E-state index in [9.17, 15) is 22.0 Å². The third-order valence-corrected chi connectivity index (χ3v) is 3.75. The van der Waals surface area contributed by atoms with Crippen LogP contribution < -0.4 is 9.46 Å². The fourth-order valence-electron chi connectivity index (χ4n) is 1.48. The van der Waals surface area contributed by atoms with E-state index in [4.69, 9.17) is 0 Å². The number of rotatable bonds is 8. The number of halogens is 2. The highest BCUT2D eigenvalue weighted by atomic mass is 32.2. The van der Waals surface area contributed by atoms with E-state index in [-0.39, 0.29) is 30.0 Å². The normalized spacial score (nSPS) is 11.2. The first kappa shape index (κ1) is 17.2. The molecule has 0 fully saturated rings. The molecule has 1 rings (SSSR count). The van der Waals surface area contributed by atoms with E-state index in [0.29, 0.717) is 0 Å². The topological polar surface area (TPSA) is 81.7 Å². The first-order chi connectivity index (χ1) is 9.84. The molecule has 0 amide bonds. The summed E-state index contributed by atoms with van der Waals surface area (Å²) < 4.78 is 58.8. The molecule has 0 heterocycles. The van der Waals surface area contributed by atoms with Gasteiger partial charge in [0.2, 0.25) is 10.0 Å². The number of para-hydroxylation sites is 2. The summed E-state index contributed by atoms with van der Waals surface area (Å²) in [4.78, 5) is 10.9. The van der Waals surface area contributed by atoms with Crippen molar-refractivity contribution in [1.82, 2.24) is 0 Å². The van der Waals surface area contributed by atoms with E-state index in [0.717, 1.165) is 0 Å². The van der Waals surface area contributed by atoms with Crippen molar-refractivity contribution in [3.63, 3.8) is 0 Å². The maximum Gasteiger partial charge on any atom is 0.387 e. The highest BCUT2D eigenvalue weighted by molar-refractivity contribution is 7.92. The first-order valence-electron chi connectivity index (χ1n) is 5.95. The van der Waals surface area contributed by atoms with Gasteiger partial charge < -0.3 is 9.47 Å². The van der Waals surface area contributed by atoms with Gasteiger partial charge in [-0.3, -0.25) is 9.52 Å². The number of carbonyl (C=O) groups is 1. The number of esters is 1. The van der Waals surface area contributed by atoms with Crippen LogP contribution in [0.1, 0.15) is 12.8 Å². The molecule has 0 saturated carbocycles. The zero-order valence-corrected chi connectivity index (χ0v) is 12.0. The minimum absolute atomic E-state index is 0.0490. The molecule has 0 radical (unpaired) electrons. The molecule has 0 atom stereocenters. The molecule has 0 aliphatic rings. The molecular formula is C12H15F2NO5S. The van der Waals surface area contributed by atoms with Gasteiger partial charge in [-0.05, 0) is 18.6 Å². The number of alkyl halides is 2. The number of nitrogens with one attached hydrogen (secondary N) is 1. The molecule has 0 spiro atoms. The van der Waals surface area contributed by atoms with Gasteiger partial charge in [0.1, 0.15) is 5.75 Å².